The second kappa shape index (κ2) is 8.51. The van der Waals surface area contributed by atoms with Gasteiger partial charge in [0.2, 0.25) is 0 Å². The van der Waals surface area contributed by atoms with Crippen LogP contribution < -0.4 is 5.32 Å². The van der Waals surface area contributed by atoms with E-state index in [-0.39, 0.29) is 5.54 Å². The van der Waals surface area contributed by atoms with Gasteiger partial charge >= 0.3 is 6.09 Å². The summed E-state index contributed by atoms with van der Waals surface area (Å²) < 4.78 is 8.09. The van der Waals surface area contributed by atoms with Crippen LogP contribution in [0.15, 0.2) is 54.7 Å². The van der Waals surface area contributed by atoms with Gasteiger partial charge in [0.05, 0.1) is 18.3 Å². The molecule has 36 heavy (non-hydrogen) atoms. The average Bonchev–Trinajstić information content (AvgIpc) is 3.35. The van der Waals surface area contributed by atoms with Gasteiger partial charge in [-0.05, 0) is 74.0 Å². The van der Waals surface area contributed by atoms with Crippen molar-refractivity contribution in [2.24, 2.45) is 17.8 Å². The molecule has 1 heterocycles. The molecule has 3 aromatic rings. The molecule has 4 fully saturated rings. The Hall–Kier alpha value is -3.59. The number of amides is 1. The summed E-state index contributed by atoms with van der Waals surface area (Å²) in [6.07, 6.45) is 9.62. The van der Waals surface area contributed by atoms with E-state index in [1.54, 1.807) is 0 Å². The number of aromatic nitrogens is 3. The smallest absolute Gasteiger partial charge is 0.408 e. The quantitative estimate of drug-likeness (QED) is 0.528. The second-order valence-corrected chi connectivity index (χ2v) is 11.2. The number of nitrogens with one attached hydrogen (secondary N) is 1. The Balaban J connectivity index is 1.05. The van der Waals surface area contributed by atoms with Crippen molar-refractivity contribution in [3.8, 4) is 11.8 Å². The second-order valence-electron chi connectivity index (χ2n) is 11.2. The predicted octanol–water partition coefficient (Wildman–Crippen LogP) is 5.13. The maximum Gasteiger partial charge on any atom is 0.408 e. The number of benzene rings is 2. The zero-order valence-electron chi connectivity index (χ0n) is 20.3. The summed E-state index contributed by atoms with van der Waals surface area (Å²) in [4.78, 5) is 12.9. The number of carbonyl (C=O) groups excluding carboxylic acids is 1. The Morgan fingerprint density at radius 1 is 0.972 bits per heavy atom. The molecule has 1 aromatic heterocycles. The zero-order valence-corrected chi connectivity index (χ0v) is 20.3. The van der Waals surface area contributed by atoms with E-state index in [0.717, 1.165) is 45.7 Å². The van der Waals surface area contributed by atoms with Crippen LogP contribution in [0, 0.1) is 29.6 Å². The van der Waals surface area contributed by atoms with Gasteiger partial charge in [0.15, 0.2) is 0 Å². The van der Waals surface area contributed by atoms with Gasteiger partial charge in [0.1, 0.15) is 11.8 Å². The Kier molecular flexibility index (Phi) is 5.13. The van der Waals surface area contributed by atoms with Gasteiger partial charge in [-0.2, -0.15) is 0 Å². The van der Waals surface area contributed by atoms with E-state index in [9.17, 15) is 4.79 Å². The summed E-state index contributed by atoms with van der Waals surface area (Å²) in [5.41, 5.74) is 4.79. The number of ether oxygens (including phenoxy) is 1. The van der Waals surface area contributed by atoms with Gasteiger partial charge < -0.3 is 10.1 Å². The van der Waals surface area contributed by atoms with Gasteiger partial charge in [-0.15, -0.1) is 5.10 Å². The number of alkyl carbamates (subject to hydrolysis) is 1. The van der Waals surface area contributed by atoms with Crippen LogP contribution in [0.1, 0.15) is 72.6 Å². The third-order valence-corrected chi connectivity index (χ3v) is 8.76. The molecule has 2 aromatic carbocycles. The molecule has 4 saturated carbocycles. The molecule has 182 valence electrons. The lowest BCUT2D eigenvalue weighted by Gasteiger charge is -2.56. The highest BCUT2D eigenvalue weighted by Crippen LogP contribution is 2.58. The molecule has 6 heteroatoms. The minimum atomic E-state index is -0.454. The van der Waals surface area contributed by atoms with Crippen LogP contribution in [-0.4, -0.2) is 21.1 Å². The summed E-state index contributed by atoms with van der Waals surface area (Å²) in [6, 6.07) is 15.9. The molecule has 6 nitrogen and oxygen atoms in total. The topological polar surface area (TPSA) is 69.0 Å². The van der Waals surface area contributed by atoms with Crippen molar-refractivity contribution < 1.29 is 9.53 Å². The summed E-state index contributed by atoms with van der Waals surface area (Å²) in [5, 5.41) is 11.9. The summed E-state index contributed by atoms with van der Waals surface area (Å²) in [7, 11) is 0. The largest absolute Gasteiger partial charge is 0.441 e. The van der Waals surface area contributed by atoms with Crippen LogP contribution in [0.5, 0.6) is 0 Å². The van der Waals surface area contributed by atoms with Crippen LogP contribution in [0.4, 0.5) is 4.79 Å². The van der Waals surface area contributed by atoms with E-state index in [1.165, 1.54) is 38.5 Å². The number of rotatable bonds is 4. The minimum Gasteiger partial charge on any atom is -0.441 e. The van der Waals surface area contributed by atoms with E-state index in [2.05, 4.69) is 38.2 Å². The predicted molar refractivity (Wildman–Crippen MR) is 135 cm³/mol. The Morgan fingerprint density at radius 2 is 1.64 bits per heavy atom. The van der Waals surface area contributed by atoms with E-state index in [4.69, 9.17) is 4.74 Å². The average molecular weight is 479 g/mol. The highest BCUT2D eigenvalue weighted by molar-refractivity contribution is 5.68. The van der Waals surface area contributed by atoms with Crippen LogP contribution >= 0.6 is 0 Å². The molecule has 0 saturated heterocycles. The molecule has 4 bridgehead atoms. The highest BCUT2D eigenvalue weighted by atomic mass is 16.6. The molecule has 0 aliphatic heterocycles. The Morgan fingerprint density at radius 3 is 2.42 bits per heavy atom. The van der Waals surface area contributed by atoms with Crippen molar-refractivity contribution in [2.45, 2.75) is 63.1 Å². The molecule has 1 amide bonds. The van der Waals surface area contributed by atoms with Crippen molar-refractivity contribution in [1.82, 2.24) is 20.3 Å². The number of fused-ring (bicyclic) bond motifs is 2. The van der Waals surface area contributed by atoms with Gasteiger partial charge in [-0.1, -0.05) is 53.5 Å². The number of hydrogen-bond acceptors (Lipinski definition) is 4. The van der Waals surface area contributed by atoms with E-state index >= 15 is 0 Å². The van der Waals surface area contributed by atoms with Crippen molar-refractivity contribution >= 4 is 6.09 Å². The van der Waals surface area contributed by atoms with Crippen molar-refractivity contribution in [2.75, 3.05) is 0 Å². The first-order valence-corrected chi connectivity index (χ1v) is 13.2. The molecule has 1 atom stereocenters. The summed E-state index contributed by atoms with van der Waals surface area (Å²) in [5.74, 6) is 9.06. The highest BCUT2D eigenvalue weighted by Gasteiger charge is 2.52. The van der Waals surface area contributed by atoms with E-state index < -0.39 is 12.2 Å². The third kappa shape index (κ3) is 3.87. The van der Waals surface area contributed by atoms with Crippen LogP contribution in [0.3, 0.4) is 0 Å². The summed E-state index contributed by atoms with van der Waals surface area (Å²) in [6.45, 7) is 0.302. The fraction of sp³-hybridized carbons (Fsp3) is 0.433. The zero-order chi connectivity index (χ0) is 24.1. The molecule has 5 aliphatic rings. The molecule has 5 aliphatic carbocycles. The van der Waals surface area contributed by atoms with Crippen molar-refractivity contribution in [3.63, 3.8) is 0 Å². The molecule has 8 rings (SSSR count). The first-order valence-electron chi connectivity index (χ1n) is 13.2. The number of carbonyl (C=O) groups is 1. The monoisotopic (exact) mass is 478 g/mol. The fourth-order valence-electron chi connectivity index (χ4n) is 7.55. The molecule has 0 radical (unpaired) electrons. The van der Waals surface area contributed by atoms with Gasteiger partial charge in [0.25, 0.3) is 0 Å². The first-order chi connectivity index (χ1) is 17.6. The lowest BCUT2D eigenvalue weighted by molar-refractivity contribution is -0.0502. The Labute approximate surface area is 211 Å². The molecule has 1 unspecified atom stereocenters. The fourth-order valence-corrected chi connectivity index (χ4v) is 7.55. The summed E-state index contributed by atoms with van der Waals surface area (Å²) >= 11 is 0. The van der Waals surface area contributed by atoms with Crippen molar-refractivity contribution in [1.29, 1.82) is 0 Å². The SMILES string of the molecule is O=C(NCc1cn(C23CC4CC(CC(C4)C2)C3)nn1)OC1Cc2ccccc2C#Cc2ccccc21. The van der Waals surface area contributed by atoms with Gasteiger partial charge in [0, 0.05) is 23.1 Å². The van der Waals surface area contributed by atoms with Crippen LogP contribution in [-0.2, 0) is 23.2 Å². The lowest BCUT2D eigenvalue weighted by Crippen LogP contribution is -2.52. The molecule has 0 spiro atoms. The number of nitrogens with zero attached hydrogens (tertiary/aromatic N) is 3. The standard InChI is InChI=1S/C30H30N4O2/c35-29(36-28-14-25-7-2-1-5-23(25)9-10-24-6-3-4-8-27(24)28)31-18-26-19-34(33-32-26)30-15-20-11-21(16-30)13-22(12-20)17-30/h1-8,19-22,28H,11-18H2,(H,31,35). The maximum atomic E-state index is 12.9. The van der Waals surface area contributed by atoms with Crippen LogP contribution in [0.2, 0.25) is 0 Å². The normalized spacial score (nSPS) is 29.2. The van der Waals surface area contributed by atoms with Crippen LogP contribution in [0.25, 0.3) is 0 Å². The van der Waals surface area contributed by atoms with E-state index in [1.807, 2.05) is 48.7 Å². The number of hydrogen-bond donors (Lipinski definition) is 1. The molecular formula is C30H30N4O2. The minimum absolute atomic E-state index is 0.136. The third-order valence-electron chi connectivity index (χ3n) is 8.76. The first kappa shape index (κ1) is 21.7. The molecular weight excluding hydrogens is 448 g/mol. The molecule has 1 N–H and O–H groups in total. The van der Waals surface area contributed by atoms with Gasteiger partial charge in [-0.3, -0.25) is 0 Å². The maximum absolute atomic E-state index is 12.9. The lowest BCUT2D eigenvalue weighted by atomic mass is 9.53. The van der Waals surface area contributed by atoms with Crippen molar-refractivity contribution in [3.05, 3.63) is 82.7 Å². The Bertz CT molecular complexity index is 1350. The van der Waals surface area contributed by atoms with E-state index in [0.29, 0.717) is 13.0 Å². The van der Waals surface area contributed by atoms with Gasteiger partial charge in [-0.25, -0.2) is 9.48 Å².